The first-order chi connectivity index (χ1) is 15.8. The second-order valence-electron chi connectivity index (χ2n) is 9.03. The molecule has 1 amide bonds. The minimum atomic E-state index is -0.210. The molecule has 3 aromatic rings. The number of thiophene rings is 1. The highest BCUT2D eigenvalue weighted by Crippen LogP contribution is 2.49. The Balaban J connectivity index is 1.48. The van der Waals surface area contributed by atoms with Crippen LogP contribution in [0.3, 0.4) is 0 Å². The molecule has 1 atom stereocenters. The lowest BCUT2D eigenvalue weighted by Crippen LogP contribution is -2.43. The highest BCUT2D eigenvalue weighted by molar-refractivity contribution is 8.00. The molecule has 9 heteroatoms. The van der Waals surface area contributed by atoms with Gasteiger partial charge in [0.2, 0.25) is 11.0 Å². The van der Waals surface area contributed by atoms with E-state index in [1.165, 1.54) is 11.3 Å². The van der Waals surface area contributed by atoms with Crippen LogP contribution >= 0.6 is 46.0 Å². The summed E-state index contributed by atoms with van der Waals surface area (Å²) in [5, 5.41) is 11.9. The number of aromatic nitrogens is 2. The van der Waals surface area contributed by atoms with Crippen LogP contribution in [0.25, 0.3) is 0 Å². The van der Waals surface area contributed by atoms with Gasteiger partial charge in [0.1, 0.15) is 0 Å². The summed E-state index contributed by atoms with van der Waals surface area (Å²) in [5.74, 6) is 0.600. The van der Waals surface area contributed by atoms with Gasteiger partial charge in [-0.1, -0.05) is 72.8 Å². The maximum Gasteiger partial charge on any atom is 0.234 e. The Morgan fingerprint density at radius 2 is 1.97 bits per heavy atom. The topological polar surface area (TPSA) is 63.2 Å². The van der Waals surface area contributed by atoms with E-state index >= 15 is 0 Å². The number of rotatable bonds is 5. The summed E-state index contributed by atoms with van der Waals surface area (Å²) in [4.78, 5) is 29.4. The number of hydrogen-bond donors (Lipinski definition) is 0. The standard InChI is InChI=1S/C24H22ClN3O2S3/c1-24(2)11-17-21(18(29)12-24)15(19-8-5-9-31-19)10-20(30)28(17)22-26-27-23(33-22)32-13-14-6-3-4-7-16(14)25/h3-9,15H,10-13H2,1-2H3/t15-/m1/s1. The summed E-state index contributed by atoms with van der Waals surface area (Å²) < 4.78 is 0.765. The van der Waals surface area contributed by atoms with Crippen LogP contribution in [0.1, 0.15) is 49.5 Å². The number of halogens is 1. The Morgan fingerprint density at radius 3 is 2.73 bits per heavy atom. The van der Waals surface area contributed by atoms with E-state index < -0.39 is 0 Å². The highest BCUT2D eigenvalue weighted by Gasteiger charge is 2.45. The van der Waals surface area contributed by atoms with Gasteiger partial charge in [0.15, 0.2) is 10.1 Å². The first-order valence-electron chi connectivity index (χ1n) is 10.6. The van der Waals surface area contributed by atoms with E-state index in [0.29, 0.717) is 23.7 Å². The van der Waals surface area contributed by atoms with Crippen molar-refractivity contribution >= 4 is 62.9 Å². The molecule has 5 rings (SSSR count). The van der Waals surface area contributed by atoms with E-state index in [4.69, 9.17) is 11.6 Å². The molecule has 5 nitrogen and oxygen atoms in total. The molecule has 33 heavy (non-hydrogen) atoms. The number of nitrogens with zero attached hydrogens (tertiary/aromatic N) is 3. The Kier molecular flexibility index (Phi) is 6.20. The summed E-state index contributed by atoms with van der Waals surface area (Å²) in [6, 6.07) is 11.7. The molecule has 170 valence electrons. The molecule has 0 bridgehead atoms. The lowest BCUT2D eigenvalue weighted by atomic mass is 9.70. The number of anilines is 1. The number of allylic oxidation sites excluding steroid dienone is 2. The third kappa shape index (κ3) is 4.54. The minimum Gasteiger partial charge on any atom is -0.294 e. The molecule has 0 fully saturated rings. The fraction of sp³-hybridized carbons (Fsp3) is 0.333. The monoisotopic (exact) mass is 515 g/mol. The zero-order valence-corrected chi connectivity index (χ0v) is 21.4. The lowest BCUT2D eigenvalue weighted by Gasteiger charge is -2.41. The number of amides is 1. The van der Waals surface area contributed by atoms with Gasteiger partial charge in [-0.25, -0.2) is 0 Å². The fourth-order valence-electron chi connectivity index (χ4n) is 4.48. The first kappa shape index (κ1) is 22.8. The molecule has 1 aromatic carbocycles. The van der Waals surface area contributed by atoms with E-state index in [9.17, 15) is 9.59 Å². The van der Waals surface area contributed by atoms with Gasteiger partial charge in [0.25, 0.3) is 0 Å². The maximum absolute atomic E-state index is 13.4. The molecule has 3 heterocycles. The zero-order valence-electron chi connectivity index (χ0n) is 18.2. The van der Waals surface area contributed by atoms with Crippen LogP contribution in [-0.2, 0) is 15.3 Å². The smallest absolute Gasteiger partial charge is 0.234 e. The van der Waals surface area contributed by atoms with Gasteiger partial charge in [-0.3, -0.25) is 14.5 Å². The molecule has 1 aliphatic carbocycles. The minimum absolute atomic E-state index is 0.0311. The average Bonchev–Trinajstić information content (AvgIpc) is 3.44. The van der Waals surface area contributed by atoms with Crippen LogP contribution in [0.4, 0.5) is 5.13 Å². The molecule has 0 radical (unpaired) electrons. The Labute approximate surface area is 209 Å². The van der Waals surface area contributed by atoms with E-state index in [1.54, 1.807) is 28.0 Å². The second kappa shape index (κ2) is 8.98. The normalized spacial score (nSPS) is 20.3. The van der Waals surface area contributed by atoms with E-state index in [-0.39, 0.29) is 29.4 Å². The van der Waals surface area contributed by atoms with Crippen molar-refractivity contribution in [2.24, 2.45) is 5.41 Å². The third-order valence-corrected chi connectivity index (χ3v) is 9.37. The predicted octanol–water partition coefficient (Wildman–Crippen LogP) is 6.71. The largest absolute Gasteiger partial charge is 0.294 e. The van der Waals surface area contributed by atoms with Crippen molar-refractivity contribution in [3.63, 3.8) is 0 Å². The molecule has 0 spiro atoms. The number of ketones is 1. The molecule has 0 unspecified atom stereocenters. The highest BCUT2D eigenvalue weighted by atomic mass is 35.5. The van der Waals surface area contributed by atoms with Crippen LogP contribution in [-0.4, -0.2) is 21.9 Å². The molecule has 2 aliphatic rings. The number of hydrogen-bond acceptors (Lipinski definition) is 7. The van der Waals surface area contributed by atoms with Crippen LogP contribution in [0.2, 0.25) is 5.02 Å². The number of thioether (sulfide) groups is 1. The quantitative estimate of drug-likeness (QED) is 0.279. The number of Topliss-reactive ketones (excluding diaryl/α,β-unsaturated/α-hetero) is 1. The Hall–Kier alpha value is -2.00. The van der Waals surface area contributed by atoms with E-state index in [0.717, 1.165) is 31.1 Å². The van der Waals surface area contributed by atoms with Gasteiger partial charge in [-0.05, 0) is 34.9 Å². The molecule has 0 saturated heterocycles. The van der Waals surface area contributed by atoms with Crippen LogP contribution in [0, 0.1) is 5.41 Å². The van der Waals surface area contributed by atoms with Crippen molar-refractivity contribution < 1.29 is 9.59 Å². The van der Waals surface area contributed by atoms with Crippen molar-refractivity contribution in [3.8, 4) is 0 Å². The van der Waals surface area contributed by atoms with Gasteiger partial charge >= 0.3 is 0 Å². The number of carbonyl (C=O) groups excluding carboxylic acids is 2. The zero-order chi connectivity index (χ0) is 23.2. The van der Waals surface area contributed by atoms with E-state index in [1.807, 2.05) is 41.8 Å². The Morgan fingerprint density at radius 1 is 1.15 bits per heavy atom. The van der Waals surface area contributed by atoms with Gasteiger partial charge in [-0.15, -0.1) is 21.5 Å². The summed E-state index contributed by atoms with van der Waals surface area (Å²) in [7, 11) is 0. The molecule has 0 saturated carbocycles. The molecule has 2 aromatic heterocycles. The van der Waals surface area contributed by atoms with Crippen LogP contribution in [0.15, 0.2) is 57.4 Å². The average molecular weight is 516 g/mol. The van der Waals surface area contributed by atoms with Gasteiger partial charge in [-0.2, -0.15) is 0 Å². The maximum atomic E-state index is 13.4. The van der Waals surface area contributed by atoms with Crippen molar-refractivity contribution in [2.45, 2.75) is 49.1 Å². The number of benzene rings is 1. The predicted molar refractivity (Wildman–Crippen MR) is 135 cm³/mol. The molecule has 1 aliphatic heterocycles. The summed E-state index contributed by atoms with van der Waals surface area (Å²) in [5.41, 5.74) is 2.39. The van der Waals surface area contributed by atoms with Gasteiger partial charge in [0.05, 0.1) is 0 Å². The van der Waals surface area contributed by atoms with Gasteiger partial charge < -0.3 is 0 Å². The summed E-state index contributed by atoms with van der Waals surface area (Å²) >= 11 is 10.8. The van der Waals surface area contributed by atoms with E-state index in [2.05, 4.69) is 24.0 Å². The number of carbonyl (C=O) groups is 2. The summed E-state index contributed by atoms with van der Waals surface area (Å²) in [6.07, 6.45) is 1.42. The van der Waals surface area contributed by atoms with Crippen LogP contribution in [0.5, 0.6) is 0 Å². The van der Waals surface area contributed by atoms with Crippen molar-refractivity contribution in [1.82, 2.24) is 10.2 Å². The second-order valence-corrected chi connectivity index (χ2v) is 12.6. The van der Waals surface area contributed by atoms with Gasteiger partial charge in [0, 0.05) is 45.7 Å². The first-order valence-corrected chi connectivity index (χ1v) is 13.7. The molecular weight excluding hydrogens is 494 g/mol. The summed E-state index contributed by atoms with van der Waals surface area (Å²) in [6.45, 7) is 4.16. The lowest BCUT2D eigenvalue weighted by molar-refractivity contribution is -0.120. The van der Waals surface area contributed by atoms with Crippen molar-refractivity contribution in [2.75, 3.05) is 4.90 Å². The Bertz CT molecular complexity index is 1250. The van der Waals surface area contributed by atoms with Crippen LogP contribution < -0.4 is 4.90 Å². The third-order valence-electron chi connectivity index (χ3n) is 5.93. The van der Waals surface area contributed by atoms with Crippen molar-refractivity contribution in [1.29, 1.82) is 0 Å². The molecule has 0 N–H and O–H groups in total. The fourth-order valence-corrected chi connectivity index (χ4v) is 7.48. The van der Waals surface area contributed by atoms with Crippen molar-refractivity contribution in [3.05, 3.63) is 68.5 Å². The SMILES string of the molecule is CC1(C)CC(=O)C2=C(C1)N(c1nnc(SCc3ccccc3Cl)s1)C(=O)C[C@@H]2c1cccs1. The molecular formula is C24H22ClN3O2S3.